The summed E-state index contributed by atoms with van der Waals surface area (Å²) < 4.78 is 0. The van der Waals surface area contributed by atoms with Crippen molar-refractivity contribution in [1.29, 1.82) is 0 Å². The second kappa shape index (κ2) is 5.81. The van der Waals surface area contributed by atoms with E-state index in [0.29, 0.717) is 17.9 Å². The van der Waals surface area contributed by atoms with Crippen LogP contribution in [-0.4, -0.2) is 37.4 Å². The molecule has 1 aromatic heterocycles. The van der Waals surface area contributed by atoms with Gasteiger partial charge in [0.2, 0.25) is 0 Å². The third kappa shape index (κ3) is 3.19. The molecular formula is C11H14N2O4S. The zero-order valence-electron chi connectivity index (χ0n) is 10.3. The summed E-state index contributed by atoms with van der Waals surface area (Å²) in [6, 6.07) is 0. The van der Waals surface area contributed by atoms with Crippen molar-refractivity contribution in [1.82, 2.24) is 9.97 Å². The van der Waals surface area contributed by atoms with Gasteiger partial charge in [-0.15, -0.1) is 0 Å². The molecule has 98 valence electrons. The Kier molecular flexibility index (Phi) is 4.66. The van der Waals surface area contributed by atoms with Crippen molar-refractivity contribution in [3.05, 3.63) is 17.1 Å². The molecule has 1 unspecified atom stereocenters. The van der Waals surface area contributed by atoms with Gasteiger partial charge in [-0.3, -0.25) is 4.79 Å². The minimum atomic E-state index is -1.14. The van der Waals surface area contributed by atoms with Gasteiger partial charge in [0.05, 0.1) is 5.69 Å². The standard InChI is InChI=1S/C11H14N2O4S/c1-4-7(10(14)15)18-9-8(11(16)17)5(2)12-6(3)13-9/h7H,4H2,1-3H3,(H,14,15)(H,16,17). The van der Waals surface area contributed by atoms with Crippen LogP contribution in [0.5, 0.6) is 0 Å². The molecule has 0 aromatic carbocycles. The van der Waals surface area contributed by atoms with Crippen LogP contribution in [0.4, 0.5) is 0 Å². The van der Waals surface area contributed by atoms with Crippen LogP contribution in [0.15, 0.2) is 5.03 Å². The van der Waals surface area contributed by atoms with Gasteiger partial charge < -0.3 is 10.2 Å². The molecular weight excluding hydrogens is 256 g/mol. The maximum atomic E-state index is 11.2. The van der Waals surface area contributed by atoms with Crippen molar-refractivity contribution in [2.24, 2.45) is 0 Å². The topological polar surface area (TPSA) is 100 Å². The first-order valence-corrected chi connectivity index (χ1v) is 6.22. The first-order chi connectivity index (χ1) is 8.36. The molecule has 1 rings (SSSR count). The number of nitrogens with zero attached hydrogens (tertiary/aromatic N) is 2. The largest absolute Gasteiger partial charge is 0.480 e. The first-order valence-electron chi connectivity index (χ1n) is 5.34. The molecule has 7 heteroatoms. The fourth-order valence-corrected chi connectivity index (χ4v) is 2.53. The number of aryl methyl sites for hydroxylation is 2. The molecule has 0 saturated carbocycles. The van der Waals surface area contributed by atoms with Crippen molar-refractivity contribution >= 4 is 23.7 Å². The summed E-state index contributed by atoms with van der Waals surface area (Å²) in [5.74, 6) is -1.69. The third-order valence-electron chi connectivity index (χ3n) is 2.28. The second-order valence-corrected chi connectivity index (χ2v) is 4.89. The van der Waals surface area contributed by atoms with Gasteiger partial charge in [0.25, 0.3) is 0 Å². The fraction of sp³-hybridized carbons (Fsp3) is 0.455. The van der Waals surface area contributed by atoms with Crippen LogP contribution < -0.4 is 0 Å². The highest BCUT2D eigenvalue weighted by atomic mass is 32.2. The van der Waals surface area contributed by atoms with Gasteiger partial charge in [-0.2, -0.15) is 0 Å². The molecule has 0 aliphatic rings. The van der Waals surface area contributed by atoms with Gasteiger partial charge >= 0.3 is 11.9 Å². The lowest BCUT2D eigenvalue weighted by atomic mass is 10.2. The van der Waals surface area contributed by atoms with E-state index < -0.39 is 17.2 Å². The summed E-state index contributed by atoms with van der Waals surface area (Å²) >= 11 is 0.949. The van der Waals surface area contributed by atoms with E-state index in [1.54, 1.807) is 20.8 Å². The second-order valence-electron chi connectivity index (χ2n) is 3.69. The van der Waals surface area contributed by atoms with Crippen LogP contribution in [0, 0.1) is 13.8 Å². The molecule has 18 heavy (non-hydrogen) atoms. The molecule has 1 heterocycles. The Hall–Kier alpha value is -1.63. The Morgan fingerprint density at radius 3 is 2.33 bits per heavy atom. The normalized spacial score (nSPS) is 12.2. The van der Waals surface area contributed by atoms with Crippen molar-refractivity contribution in [3.63, 3.8) is 0 Å². The minimum Gasteiger partial charge on any atom is -0.480 e. The van der Waals surface area contributed by atoms with E-state index >= 15 is 0 Å². The Morgan fingerprint density at radius 2 is 1.89 bits per heavy atom. The predicted molar refractivity (Wildman–Crippen MR) is 66.0 cm³/mol. The summed E-state index contributed by atoms with van der Waals surface area (Å²) in [5.41, 5.74) is 0.322. The van der Waals surface area contributed by atoms with Crippen LogP contribution >= 0.6 is 11.8 Å². The fourth-order valence-electron chi connectivity index (χ4n) is 1.46. The third-order valence-corrected chi connectivity index (χ3v) is 3.62. The molecule has 6 nitrogen and oxygen atoms in total. The highest BCUT2D eigenvalue weighted by Crippen LogP contribution is 2.28. The van der Waals surface area contributed by atoms with Crippen LogP contribution in [-0.2, 0) is 4.79 Å². The molecule has 0 fully saturated rings. The number of aromatic nitrogens is 2. The van der Waals surface area contributed by atoms with Gasteiger partial charge in [0.15, 0.2) is 0 Å². The molecule has 0 amide bonds. The highest BCUT2D eigenvalue weighted by molar-refractivity contribution is 8.00. The van der Waals surface area contributed by atoms with Crippen LogP contribution in [0.25, 0.3) is 0 Å². The van der Waals surface area contributed by atoms with Gasteiger partial charge in [0, 0.05) is 0 Å². The zero-order chi connectivity index (χ0) is 13.9. The van der Waals surface area contributed by atoms with E-state index in [4.69, 9.17) is 10.2 Å². The van der Waals surface area contributed by atoms with Crippen molar-refractivity contribution in [2.75, 3.05) is 0 Å². The van der Waals surface area contributed by atoms with Gasteiger partial charge in [-0.05, 0) is 20.3 Å². The van der Waals surface area contributed by atoms with E-state index in [2.05, 4.69) is 9.97 Å². The summed E-state index contributed by atoms with van der Waals surface area (Å²) in [7, 11) is 0. The number of carboxylic acid groups (broad SMARTS) is 2. The molecule has 0 aliphatic carbocycles. The Balaban J connectivity index is 3.22. The van der Waals surface area contributed by atoms with E-state index in [1.807, 2.05) is 0 Å². The van der Waals surface area contributed by atoms with Crippen molar-refractivity contribution < 1.29 is 19.8 Å². The molecule has 2 N–H and O–H groups in total. The highest BCUT2D eigenvalue weighted by Gasteiger charge is 2.23. The number of hydrogen-bond donors (Lipinski definition) is 2. The minimum absolute atomic E-state index is 0.0229. The average Bonchev–Trinajstić information content (AvgIpc) is 2.23. The first kappa shape index (κ1) is 14.4. The number of aliphatic carboxylic acids is 1. The monoisotopic (exact) mass is 270 g/mol. The zero-order valence-corrected chi connectivity index (χ0v) is 11.1. The summed E-state index contributed by atoms with van der Waals surface area (Å²) in [4.78, 5) is 30.1. The number of hydrogen-bond acceptors (Lipinski definition) is 5. The van der Waals surface area contributed by atoms with Crippen LogP contribution in [0.1, 0.15) is 35.2 Å². The molecule has 1 aromatic rings. The smallest absolute Gasteiger partial charge is 0.340 e. The Morgan fingerprint density at radius 1 is 1.28 bits per heavy atom. The summed E-state index contributed by atoms with van der Waals surface area (Å²) in [6.07, 6.45) is 0.390. The Labute approximate surface area is 108 Å². The summed E-state index contributed by atoms with van der Waals surface area (Å²) in [6.45, 7) is 4.95. The lowest BCUT2D eigenvalue weighted by Gasteiger charge is -2.12. The van der Waals surface area contributed by atoms with Gasteiger partial charge in [0.1, 0.15) is 21.7 Å². The molecule has 1 atom stereocenters. The summed E-state index contributed by atoms with van der Waals surface area (Å²) in [5, 5.41) is 17.6. The molecule has 0 spiro atoms. The van der Waals surface area contributed by atoms with Gasteiger partial charge in [-0.1, -0.05) is 18.7 Å². The molecule has 0 saturated heterocycles. The number of thioether (sulfide) groups is 1. The van der Waals surface area contributed by atoms with E-state index in [1.165, 1.54) is 0 Å². The van der Waals surface area contributed by atoms with Crippen LogP contribution in [0.2, 0.25) is 0 Å². The maximum absolute atomic E-state index is 11.2. The average molecular weight is 270 g/mol. The predicted octanol–water partition coefficient (Wildman–Crippen LogP) is 1.75. The van der Waals surface area contributed by atoms with E-state index in [0.717, 1.165) is 11.8 Å². The molecule has 0 radical (unpaired) electrons. The lowest BCUT2D eigenvalue weighted by molar-refractivity contribution is -0.136. The van der Waals surface area contributed by atoms with E-state index in [9.17, 15) is 9.59 Å². The molecule has 0 bridgehead atoms. The molecule has 0 aliphatic heterocycles. The van der Waals surface area contributed by atoms with Crippen LogP contribution in [0.3, 0.4) is 0 Å². The number of aromatic carboxylic acids is 1. The lowest BCUT2D eigenvalue weighted by Crippen LogP contribution is -2.17. The van der Waals surface area contributed by atoms with Gasteiger partial charge in [-0.25, -0.2) is 14.8 Å². The number of carboxylic acids is 2. The van der Waals surface area contributed by atoms with Crippen molar-refractivity contribution in [2.45, 2.75) is 37.5 Å². The maximum Gasteiger partial charge on any atom is 0.340 e. The number of rotatable bonds is 5. The quantitative estimate of drug-likeness (QED) is 0.620. The van der Waals surface area contributed by atoms with Crippen molar-refractivity contribution in [3.8, 4) is 0 Å². The Bertz CT molecular complexity index is 490. The number of carbonyl (C=O) groups is 2. The van der Waals surface area contributed by atoms with E-state index in [-0.39, 0.29) is 10.6 Å². The SMILES string of the molecule is CCC(Sc1nc(C)nc(C)c1C(=O)O)C(=O)O.